The van der Waals surface area contributed by atoms with E-state index in [-0.39, 0.29) is 5.91 Å². The Morgan fingerprint density at radius 2 is 1.67 bits per heavy atom. The van der Waals surface area contributed by atoms with Crippen LogP contribution in [0.4, 0.5) is 11.5 Å². The maximum absolute atomic E-state index is 12.5. The van der Waals surface area contributed by atoms with Crippen molar-refractivity contribution in [1.82, 2.24) is 14.9 Å². The van der Waals surface area contributed by atoms with Gasteiger partial charge in [0.25, 0.3) is 5.91 Å². The minimum atomic E-state index is -0.0509. The molecule has 0 saturated carbocycles. The summed E-state index contributed by atoms with van der Waals surface area (Å²) in [5.74, 6) is 0.582. The van der Waals surface area contributed by atoms with Crippen LogP contribution in [0.5, 0.6) is 0 Å². The lowest BCUT2D eigenvalue weighted by Gasteiger charge is -2.20. The second-order valence-corrected chi connectivity index (χ2v) is 5.75. The van der Waals surface area contributed by atoms with Crippen LogP contribution in [0.2, 0.25) is 0 Å². The summed E-state index contributed by atoms with van der Waals surface area (Å²) in [5, 5.41) is 3.20. The van der Waals surface area contributed by atoms with E-state index in [1.165, 1.54) is 5.56 Å². The van der Waals surface area contributed by atoms with Crippen LogP contribution in [-0.4, -0.2) is 33.9 Å². The van der Waals surface area contributed by atoms with Crippen molar-refractivity contribution in [2.24, 2.45) is 0 Å². The monoisotopic (exact) mass is 326 g/mol. The predicted octanol–water partition coefficient (Wildman–Crippen LogP) is 4.04. The lowest BCUT2D eigenvalue weighted by atomic mass is 10.1. The van der Waals surface area contributed by atoms with Gasteiger partial charge in [-0.05, 0) is 37.0 Å². The third kappa shape index (κ3) is 4.78. The zero-order chi connectivity index (χ0) is 17.4. The molecule has 0 atom stereocenters. The molecule has 5 nitrogen and oxygen atoms in total. The van der Waals surface area contributed by atoms with Gasteiger partial charge < -0.3 is 10.2 Å². The van der Waals surface area contributed by atoms with Crippen LogP contribution in [-0.2, 0) is 6.42 Å². The van der Waals surface area contributed by atoms with Gasteiger partial charge in [0.2, 0.25) is 0 Å². The quantitative estimate of drug-likeness (QED) is 0.795. The van der Waals surface area contributed by atoms with E-state index in [0.29, 0.717) is 11.5 Å². The maximum atomic E-state index is 12.5. The third-order valence-corrected chi connectivity index (χ3v) is 3.78. The summed E-state index contributed by atoms with van der Waals surface area (Å²) in [6.45, 7) is 7.76. The van der Waals surface area contributed by atoms with E-state index in [4.69, 9.17) is 0 Å². The molecule has 0 spiro atoms. The van der Waals surface area contributed by atoms with E-state index in [0.717, 1.165) is 38.0 Å². The molecule has 0 radical (unpaired) electrons. The van der Waals surface area contributed by atoms with Gasteiger partial charge in [0.15, 0.2) is 0 Å². The van der Waals surface area contributed by atoms with Gasteiger partial charge in [-0.1, -0.05) is 32.9 Å². The molecule has 0 fully saturated rings. The zero-order valence-electron chi connectivity index (χ0n) is 14.7. The van der Waals surface area contributed by atoms with Gasteiger partial charge in [0, 0.05) is 18.8 Å². The SMILES string of the molecule is CCCN(CCC)C(=O)c1cnc(Nc2ccc(CC)cc2)cn1. The van der Waals surface area contributed by atoms with Crippen LogP contribution in [0.3, 0.4) is 0 Å². The van der Waals surface area contributed by atoms with Gasteiger partial charge in [-0.3, -0.25) is 4.79 Å². The summed E-state index contributed by atoms with van der Waals surface area (Å²) in [6.07, 6.45) is 6.04. The van der Waals surface area contributed by atoms with Gasteiger partial charge >= 0.3 is 0 Å². The largest absolute Gasteiger partial charge is 0.339 e. The van der Waals surface area contributed by atoms with E-state index in [2.05, 4.69) is 48.2 Å². The molecule has 2 rings (SSSR count). The van der Waals surface area contributed by atoms with E-state index in [1.807, 2.05) is 17.0 Å². The molecule has 1 aromatic carbocycles. The summed E-state index contributed by atoms with van der Waals surface area (Å²) in [6, 6.07) is 8.20. The Morgan fingerprint density at radius 3 is 2.17 bits per heavy atom. The Bertz CT molecular complexity index is 631. The first-order valence-electron chi connectivity index (χ1n) is 8.65. The van der Waals surface area contributed by atoms with E-state index >= 15 is 0 Å². The van der Waals surface area contributed by atoms with Crippen molar-refractivity contribution in [3.05, 3.63) is 47.9 Å². The molecule has 1 aromatic heterocycles. The van der Waals surface area contributed by atoms with Crippen LogP contribution in [0.25, 0.3) is 0 Å². The highest BCUT2D eigenvalue weighted by Gasteiger charge is 2.15. The van der Waals surface area contributed by atoms with Crippen molar-refractivity contribution >= 4 is 17.4 Å². The molecule has 1 N–H and O–H groups in total. The molecule has 0 unspecified atom stereocenters. The Hall–Kier alpha value is -2.43. The first-order chi connectivity index (χ1) is 11.7. The number of carbonyl (C=O) groups is 1. The van der Waals surface area contributed by atoms with Crippen LogP contribution >= 0.6 is 0 Å². The van der Waals surface area contributed by atoms with Crippen molar-refractivity contribution in [2.45, 2.75) is 40.0 Å². The molecule has 0 aliphatic heterocycles. The van der Waals surface area contributed by atoms with Crippen molar-refractivity contribution in [3.63, 3.8) is 0 Å². The molecule has 0 aliphatic carbocycles. The summed E-state index contributed by atoms with van der Waals surface area (Å²) in [4.78, 5) is 22.9. The average Bonchev–Trinajstić information content (AvgIpc) is 2.62. The second kappa shape index (κ2) is 9.01. The Labute approximate surface area is 144 Å². The predicted molar refractivity (Wildman–Crippen MR) is 97.6 cm³/mol. The molecular weight excluding hydrogens is 300 g/mol. The minimum absolute atomic E-state index is 0.0509. The highest BCUT2D eigenvalue weighted by atomic mass is 16.2. The molecule has 128 valence electrons. The maximum Gasteiger partial charge on any atom is 0.274 e. The molecule has 0 saturated heterocycles. The van der Waals surface area contributed by atoms with Crippen molar-refractivity contribution < 1.29 is 4.79 Å². The number of nitrogens with one attached hydrogen (secondary N) is 1. The molecule has 0 aliphatic rings. The number of aryl methyl sites for hydroxylation is 1. The number of hydrogen-bond donors (Lipinski definition) is 1. The van der Waals surface area contributed by atoms with E-state index in [1.54, 1.807) is 12.4 Å². The number of amides is 1. The Kier molecular flexibility index (Phi) is 6.73. The second-order valence-electron chi connectivity index (χ2n) is 5.75. The van der Waals surface area contributed by atoms with Gasteiger partial charge in [-0.25, -0.2) is 9.97 Å². The fourth-order valence-electron chi connectivity index (χ4n) is 2.49. The normalized spacial score (nSPS) is 10.5. The average molecular weight is 326 g/mol. The smallest absolute Gasteiger partial charge is 0.274 e. The summed E-state index contributed by atoms with van der Waals surface area (Å²) < 4.78 is 0. The minimum Gasteiger partial charge on any atom is -0.339 e. The highest BCUT2D eigenvalue weighted by Crippen LogP contribution is 2.15. The molecule has 2 aromatic rings. The number of benzene rings is 1. The van der Waals surface area contributed by atoms with Crippen LogP contribution in [0.1, 0.15) is 49.7 Å². The van der Waals surface area contributed by atoms with E-state index in [9.17, 15) is 4.79 Å². The summed E-state index contributed by atoms with van der Waals surface area (Å²) >= 11 is 0. The number of hydrogen-bond acceptors (Lipinski definition) is 4. The fraction of sp³-hybridized carbons (Fsp3) is 0.421. The van der Waals surface area contributed by atoms with Crippen LogP contribution in [0.15, 0.2) is 36.7 Å². The number of aromatic nitrogens is 2. The summed E-state index contributed by atoms with van der Waals surface area (Å²) in [5.41, 5.74) is 2.64. The van der Waals surface area contributed by atoms with E-state index < -0.39 is 0 Å². The zero-order valence-corrected chi connectivity index (χ0v) is 14.7. The topological polar surface area (TPSA) is 58.1 Å². The van der Waals surface area contributed by atoms with Crippen molar-refractivity contribution in [2.75, 3.05) is 18.4 Å². The lowest BCUT2D eigenvalue weighted by molar-refractivity contribution is 0.0749. The Balaban J connectivity index is 2.04. The fourth-order valence-corrected chi connectivity index (χ4v) is 2.49. The molecular formula is C19H26N4O. The van der Waals surface area contributed by atoms with Crippen LogP contribution in [0, 0.1) is 0 Å². The first kappa shape index (κ1) is 17.9. The number of rotatable bonds is 8. The molecule has 5 heteroatoms. The number of anilines is 2. The number of nitrogens with zero attached hydrogens (tertiary/aromatic N) is 3. The summed E-state index contributed by atoms with van der Waals surface area (Å²) in [7, 11) is 0. The molecule has 1 heterocycles. The highest BCUT2D eigenvalue weighted by molar-refractivity contribution is 5.92. The number of carbonyl (C=O) groups excluding carboxylic acids is 1. The van der Waals surface area contributed by atoms with Crippen LogP contribution < -0.4 is 5.32 Å². The third-order valence-electron chi connectivity index (χ3n) is 3.78. The Morgan fingerprint density at radius 1 is 1.00 bits per heavy atom. The first-order valence-corrected chi connectivity index (χ1v) is 8.65. The molecule has 1 amide bonds. The standard InChI is InChI=1S/C19H26N4O/c1-4-11-23(12-5-2)19(24)17-13-21-18(14-20-17)22-16-9-7-15(6-3)8-10-16/h7-10,13-14H,4-6,11-12H2,1-3H3,(H,21,22). The lowest BCUT2D eigenvalue weighted by Crippen LogP contribution is -2.33. The van der Waals surface area contributed by atoms with Gasteiger partial charge in [-0.2, -0.15) is 0 Å². The molecule has 24 heavy (non-hydrogen) atoms. The van der Waals surface area contributed by atoms with Gasteiger partial charge in [0.05, 0.1) is 12.4 Å². The van der Waals surface area contributed by atoms with Gasteiger partial charge in [0.1, 0.15) is 11.5 Å². The van der Waals surface area contributed by atoms with Crippen molar-refractivity contribution in [1.29, 1.82) is 0 Å². The van der Waals surface area contributed by atoms with Gasteiger partial charge in [-0.15, -0.1) is 0 Å². The van der Waals surface area contributed by atoms with Crippen molar-refractivity contribution in [3.8, 4) is 0 Å². The molecule has 0 bridgehead atoms.